The lowest BCUT2D eigenvalue weighted by Gasteiger charge is -2.26. The first-order valence-corrected chi connectivity index (χ1v) is 6.19. The van der Waals surface area contributed by atoms with Gasteiger partial charge in [0.15, 0.2) is 0 Å². The van der Waals surface area contributed by atoms with Gasteiger partial charge in [0.2, 0.25) is 0 Å². The van der Waals surface area contributed by atoms with E-state index in [1.807, 2.05) is 19.2 Å². The number of rotatable bonds is 4. The summed E-state index contributed by atoms with van der Waals surface area (Å²) < 4.78 is 10.9. The van der Waals surface area contributed by atoms with Crippen molar-refractivity contribution in [2.45, 2.75) is 25.5 Å². The van der Waals surface area contributed by atoms with Gasteiger partial charge >= 0.3 is 0 Å². The maximum atomic E-state index is 5.66. The van der Waals surface area contributed by atoms with Crippen LogP contribution >= 0.6 is 0 Å². The second-order valence-corrected chi connectivity index (χ2v) is 4.57. The minimum Gasteiger partial charge on any atom is -0.497 e. The minimum atomic E-state index is 0.318. The monoisotopic (exact) mass is 235 g/mol. The third-order valence-electron chi connectivity index (χ3n) is 3.63. The molecule has 1 aromatic carbocycles. The molecule has 1 aliphatic heterocycles. The van der Waals surface area contributed by atoms with E-state index in [-0.39, 0.29) is 0 Å². The average molecular weight is 235 g/mol. The molecule has 1 saturated heterocycles. The van der Waals surface area contributed by atoms with Crippen LogP contribution in [0.1, 0.15) is 24.9 Å². The highest BCUT2D eigenvalue weighted by molar-refractivity contribution is 5.31. The van der Waals surface area contributed by atoms with Crippen molar-refractivity contribution in [3.8, 4) is 5.75 Å². The lowest BCUT2D eigenvalue weighted by atomic mass is 9.88. The number of hydrogen-bond donors (Lipinski definition) is 1. The summed E-state index contributed by atoms with van der Waals surface area (Å²) in [6, 6.07) is 8.60. The molecule has 0 aromatic heterocycles. The van der Waals surface area contributed by atoms with Gasteiger partial charge in [-0.1, -0.05) is 12.1 Å². The highest BCUT2D eigenvalue weighted by atomic mass is 16.5. The van der Waals surface area contributed by atoms with Crippen molar-refractivity contribution < 1.29 is 9.47 Å². The third-order valence-corrected chi connectivity index (χ3v) is 3.63. The smallest absolute Gasteiger partial charge is 0.119 e. The zero-order chi connectivity index (χ0) is 12.3. The molecule has 1 aliphatic rings. The van der Waals surface area contributed by atoms with E-state index in [0.29, 0.717) is 18.1 Å². The molecular formula is C14H21NO2. The molecule has 94 valence electrons. The van der Waals surface area contributed by atoms with Crippen LogP contribution < -0.4 is 10.1 Å². The van der Waals surface area contributed by atoms with Crippen molar-refractivity contribution in [1.82, 2.24) is 5.32 Å². The van der Waals surface area contributed by atoms with Crippen LogP contribution in [-0.2, 0) is 4.74 Å². The Morgan fingerprint density at radius 3 is 2.88 bits per heavy atom. The molecule has 1 aromatic rings. The van der Waals surface area contributed by atoms with E-state index in [9.17, 15) is 0 Å². The predicted molar refractivity (Wildman–Crippen MR) is 68.3 cm³/mol. The predicted octanol–water partition coefficient (Wildman–Crippen LogP) is 2.38. The summed E-state index contributed by atoms with van der Waals surface area (Å²) in [6.07, 6.45) is 1.43. The summed E-state index contributed by atoms with van der Waals surface area (Å²) in [5.74, 6) is 1.45. The molecule has 3 unspecified atom stereocenters. The molecule has 0 amide bonds. The van der Waals surface area contributed by atoms with Crippen LogP contribution in [0.25, 0.3) is 0 Å². The highest BCUT2D eigenvalue weighted by Crippen LogP contribution is 2.34. The number of nitrogens with one attached hydrogen (secondary N) is 1. The Labute approximate surface area is 103 Å². The summed E-state index contributed by atoms with van der Waals surface area (Å²) in [7, 11) is 3.71. The van der Waals surface area contributed by atoms with Crippen molar-refractivity contribution in [2.75, 3.05) is 20.8 Å². The Morgan fingerprint density at radius 2 is 2.29 bits per heavy atom. The number of ether oxygens (including phenoxy) is 2. The zero-order valence-electron chi connectivity index (χ0n) is 10.8. The van der Waals surface area contributed by atoms with E-state index >= 15 is 0 Å². The average Bonchev–Trinajstić information content (AvgIpc) is 2.77. The molecule has 3 atom stereocenters. The molecule has 0 saturated carbocycles. The van der Waals surface area contributed by atoms with Crippen LogP contribution in [0.4, 0.5) is 0 Å². The Balaban J connectivity index is 2.21. The molecule has 17 heavy (non-hydrogen) atoms. The van der Waals surface area contributed by atoms with Crippen LogP contribution in [0.15, 0.2) is 24.3 Å². The van der Waals surface area contributed by atoms with E-state index in [4.69, 9.17) is 9.47 Å². The summed E-state index contributed by atoms with van der Waals surface area (Å²) in [5, 5.41) is 3.41. The first-order chi connectivity index (χ1) is 8.26. The fourth-order valence-corrected chi connectivity index (χ4v) is 2.65. The second-order valence-electron chi connectivity index (χ2n) is 4.57. The Bertz CT molecular complexity index is 367. The third kappa shape index (κ3) is 2.61. The SMILES string of the molecule is CNC(c1cccc(OC)c1)C1CCOC1C. The molecule has 0 aliphatic carbocycles. The van der Waals surface area contributed by atoms with Gasteiger partial charge in [-0.05, 0) is 38.1 Å². The Hall–Kier alpha value is -1.06. The van der Waals surface area contributed by atoms with Gasteiger partial charge in [0.25, 0.3) is 0 Å². The lowest BCUT2D eigenvalue weighted by Crippen LogP contribution is -2.29. The second kappa shape index (κ2) is 5.52. The van der Waals surface area contributed by atoms with E-state index in [1.165, 1.54) is 5.56 Å². The molecule has 0 bridgehead atoms. The van der Waals surface area contributed by atoms with E-state index in [2.05, 4.69) is 24.4 Å². The first-order valence-electron chi connectivity index (χ1n) is 6.19. The van der Waals surface area contributed by atoms with Crippen LogP contribution in [0, 0.1) is 5.92 Å². The van der Waals surface area contributed by atoms with Crippen LogP contribution in [0.5, 0.6) is 5.75 Å². The first kappa shape index (κ1) is 12.4. The summed E-state index contributed by atoms with van der Waals surface area (Å²) >= 11 is 0. The molecule has 1 heterocycles. The van der Waals surface area contributed by atoms with Crippen molar-refractivity contribution in [1.29, 1.82) is 0 Å². The molecule has 3 heteroatoms. The molecule has 1 N–H and O–H groups in total. The maximum Gasteiger partial charge on any atom is 0.119 e. The normalized spacial score (nSPS) is 25.8. The van der Waals surface area contributed by atoms with Gasteiger partial charge in [-0.2, -0.15) is 0 Å². The fourth-order valence-electron chi connectivity index (χ4n) is 2.65. The van der Waals surface area contributed by atoms with Gasteiger partial charge in [-0.25, -0.2) is 0 Å². The maximum absolute atomic E-state index is 5.66. The van der Waals surface area contributed by atoms with E-state index in [0.717, 1.165) is 18.8 Å². The van der Waals surface area contributed by atoms with Gasteiger partial charge in [0.1, 0.15) is 5.75 Å². The van der Waals surface area contributed by atoms with Crippen molar-refractivity contribution >= 4 is 0 Å². The largest absolute Gasteiger partial charge is 0.497 e. The molecule has 0 radical (unpaired) electrons. The van der Waals surface area contributed by atoms with Gasteiger partial charge in [0, 0.05) is 18.6 Å². The van der Waals surface area contributed by atoms with Crippen LogP contribution in [0.3, 0.4) is 0 Å². The number of benzene rings is 1. The molecule has 1 fully saturated rings. The van der Waals surface area contributed by atoms with Crippen molar-refractivity contribution in [3.05, 3.63) is 29.8 Å². The lowest BCUT2D eigenvalue weighted by molar-refractivity contribution is 0.0962. The summed E-state index contributed by atoms with van der Waals surface area (Å²) in [5.41, 5.74) is 1.27. The van der Waals surface area contributed by atoms with Gasteiger partial charge in [0.05, 0.1) is 13.2 Å². The minimum absolute atomic E-state index is 0.318. The Kier molecular flexibility index (Phi) is 4.02. The van der Waals surface area contributed by atoms with Crippen LogP contribution in [-0.4, -0.2) is 26.9 Å². The number of methoxy groups -OCH3 is 1. The summed E-state index contributed by atoms with van der Waals surface area (Å²) in [4.78, 5) is 0. The van der Waals surface area contributed by atoms with E-state index in [1.54, 1.807) is 7.11 Å². The van der Waals surface area contributed by atoms with Gasteiger partial charge < -0.3 is 14.8 Å². The van der Waals surface area contributed by atoms with Crippen molar-refractivity contribution in [3.63, 3.8) is 0 Å². The zero-order valence-corrected chi connectivity index (χ0v) is 10.8. The highest BCUT2D eigenvalue weighted by Gasteiger charge is 2.31. The molecule has 2 rings (SSSR count). The van der Waals surface area contributed by atoms with Crippen molar-refractivity contribution in [2.24, 2.45) is 5.92 Å². The Morgan fingerprint density at radius 1 is 1.47 bits per heavy atom. The standard InChI is InChI=1S/C14H21NO2/c1-10-13(7-8-17-10)14(15-2)11-5-4-6-12(9-11)16-3/h4-6,9-10,13-15H,7-8H2,1-3H3. The molecule has 3 nitrogen and oxygen atoms in total. The topological polar surface area (TPSA) is 30.5 Å². The van der Waals surface area contributed by atoms with Gasteiger partial charge in [-0.3, -0.25) is 0 Å². The summed E-state index contributed by atoms with van der Waals surface area (Å²) in [6.45, 7) is 3.02. The molecular weight excluding hydrogens is 214 g/mol. The molecule has 0 spiro atoms. The quantitative estimate of drug-likeness (QED) is 0.869. The number of hydrogen-bond acceptors (Lipinski definition) is 3. The van der Waals surface area contributed by atoms with Gasteiger partial charge in [-0.15, -0.1) is 0 Å². The van der Waals surface area contributed by atoms with E-state index < -0.39 is 0 Å². The van der Waals surface area contributed by atoms with Crippen LogP contribution in [0.2, 0.25) is 0 Å². The fraction of sp³-hybridized carbons (Fsp3) is 0.571.